The Bertz CT molecular complexity index is 1550. The maximum Gasteiger partial charge on any atom is 0.294 e. The highest BCUT2D eigenvalue weighted by molar-refractivity contribution is 7.85. The van der Waals surface area contributed by atoms with Gasteiger partial charge in [-0.3, -0.25) is 4.55 Å². The van der Waals surface area contributed by atoms with Crippen LogP contribution in [0.4, 0.5) is 5.69 Å². The molecular formula is C28H33N2O5S+. The van der Waals surface area contributed by atoms with Gasteiger partial charge in [0.25, 0.3) is 10.1 Å². The summed E-state index contributed by atoms with van der Waals surface area (Å²) in [7, 11) is -2.88. The first kappa shape index (κ1) is 25.7. The SMILES string of the molecule is CCN(CC)c1ccc2c(-c3ccc(S(=O)(=O)O)cc3OC)c3ccc(=[N+](CC)CC)cc-3oc2c1. The number of fused-ring (bicyclic) bond motifs is 2. The van der Waals surface area contributed by atoms with Gasteiger partial charge in [0.05, 0.1) is 18.1 Å². The molecule has 2 aliphatic rings. The van der Waals surface area contributed by atoms with Crippen molar-refractivity contribution in [1.29, 1.82) is 0 Å². The lowest BCUT2D eigenvalue weighted by molar-refractivity contribution is 0.414. The predicted molar refractivity (Wildman–Crippen MR) is 145 cm³/mol. The van der Waals surface area contributed by atoms with E-state index in [9.17, 15) is 13.0 Å². The molecule has 4 rings (SSSR count). The summed E-state index contributed by atoms with van der Waals surface area (Å²) >= 11 is 0. The Kier molecular flexibility index (Phi) is 7.38. The lowest BCUT2D eigenvalue weighted by atomic mass is 9.93. The molecule has 0 saturated heterocycles. The van der Waals surface area contributed by atoms with Gasteiger partial charge in [0.1, 0.15) is 30.2 Å². The summed E-state index contributed by atoms with van der Waals surface area (Å²) in [5.74, 6) is 1.07. The molecule has 0 unspecified atom stereocenters. The largest absolute Gasteiger partial charge is 0.496 e. The maximum absolute atomic E-state index is 11.8. The van der Waals surface area contributed by atoms with E-state index in [-0.39, 0.29) is 4.90 Å². The molecule has 1 aliphatic carbocycles. The van der Waals surface area contributed by atoms with Crippen LogP contribution in [-0.4, -0.2) is 46.3 Å². The van der Waals surface area contributed by atoms with Gasteiger partial charge in [0.2, 0.25) is 5.36 Å². The lowest BCUT2D eigenvalue weighted by Gasteiger charge is -2.22. The fraction of sp³-hybridized carbons (Fsp3) is 0.321. The van der Waals surface area contributed by atoms with Crippen LogP contribution in [0.25, 0.3) is 33.4 Å². The van der Waals surface area contributed by atoms with Crippen LogP contribution in [-0.2, 0) is 10.1 Å². The van der Waals surface area contributed by atoms with E-state index in [1.807, 2.05) is 24.3 Å². The molecule has 1 aliphatic heterocycles. The molecule has 0 spiro atoms. The summed E-state index contributed by atoms with van der Waals surface area (Å²) in [5, 5.41) is 1.95. The molecule has 0 amide bonds. The average molecular weight is 510 g/mol. The van der Waals surface area contributed by atoms with Crippen molar-refractivity contribution in [3.63, 3.8) is 0 Å². The van der Waals surface area contributed by atoms with Crippen LogP contribution in [0, 0.1) is 0 Å². The zero-order chi connectivity index (χ0) is 26.0. The Hall–Kier alpha value is -3.36. The number of methoxy groups -OCH3 is 1. The van der Waals surface area contributed by atoms with E-state index in [1.165, 1.54) is 19.2 Å². The third-order valence-corrected chi connectivity index (χ3v) is 7.54. The number of benzene rings is 3. The monoisotopic (exact) mass is 509 g/mol. The van der Waals surface area contributed by atoms with Crippen molar-refractivity contribution in [2.24, 2.45) is 0 Å². The lowest BCUT2D eigenvalue weighted by Crippen LogP contribution is -2.29. The van der Waals surface area contributed by atoms with Crippen LogP contribution >= 0.6 is 0 Å². The van der Waals surface area contributed by atoms with Gasteiger partial charge >= 0.3 is 0 Å². The van der Waals surface area contributed by atoms with E-state index < -0.39 is 10.1 Å². The molecule has 36 heavy (non-hydrogen) atoms. The molecule has 1 heterocycles. The van der Waals surface area contributed by atoms with Gasteiger partial charge in [-0.25, -0.2) is 4.58 Å². The molecule has 0 aromatic heterocycles. The van der Waals surface area contributed by atoms with Crippen LogP contribution in [0.2, 0.25) is 0 Å². The van der Waals surface area contributed by atoms with Crippen molar-refractivity contribution in [1.82, 2.24) is 4.58 Å². The Labute approximate surface area is 212 Å². The first-order valence-corrected chi connectivity index (χ1v) is 13.7. The second-order valence-corrected chi connectivity index (χ2v) is 9.94. The molecule has 0 fully saturated rings. The van der Waals surface area contributed by atoms with Crippen LogP contribution < -0.4 is 19.6 Å². The minimum Gasteiger partial charge on any atom is -0.496 e. The topological polar surface area (TPSA) is 83.0 Å². The summed E-state index contributed by atoms with van der Waals surface area (Å²) in [6, 6.07) is 16.7. The zero-order valence-corrected chi connectivity index (χ0v) is 22.2. The number of hydrogen-bond acceptors (Lipinski definition) is 5. The number of ether oxygens (including phenoxy) is 1. The predicted octanol–water partition coefficient (Wildman–Crippen LogP) is 5.12. The van der Waals surface area contributed by atoms with Gasteiger partial charge < -0.3 is 14.1 Å². The fourth-order valence-corrected chi connectivity index (χ4v) is 5.26. The molecule has 1 N–H and O–H groups in total. The molecule has 190 valence electrons. The summed E-state index contributed by atoms with van der Waals surface area (Å²) in [6.07, 6.45) is 0. The van der Waals surface area contributed by atoms with Crippen molar-refractivity contribution in [2.45, 2.75) is 32.6 Å². The molecule has 8 heteroatoms. The van der Waals surface area contributed by atoms with E-state index >= 15 is 0 Å². The van der Waals surface area contributed by atoms with Crippen LogP contribution in [0.5, 0.6) is 5.75 Å². The summed E-state index contributed by atoms with van der Waals surface area (Å²) in [4.78, 5) is 2.04. The molecular weight excluding hydrogens is 476 g/mol. The van der Waals surface area contributed by atoms with Crippen LogP contribution in [0.15, 0.2) is 63.9 Å². The normalized spacial score (nSPS) is 11.7. The molecule has 0 radical (unpaired) electrons. The second kappa shape index (κ2) is 10.3. The molecule has 0 bridgehead atoms. The van der Waals surface area contributed by atoms with Crippen molar-refractivity contribution in [2.75, 3.05) is 38.2 Å². The third-order valence-electron chi connectivity index (χ3n) is 6.69. The van der Waals surface area contributed by atoms with Gasteiger partial charge in [0.15, 0.2) is 0 Å². The molecule has 0 saturated carbocycles. The Morgan fingerprint density at radius 2 is 1.61 bits per heavy atom. The maximum atomic E-state index is 11.8. The first-order valence-electron chi connectivity index (χ1n) is 12.2. The molecule has 7 nitrogen and oxygen atoms in total. The Balaban J connectivity index is 2.12. The first-order chi connectivity index (χ1) is 17.2. The van der Waals surface area contributed by atoms with Crippen molar-refractivity contribution >= 4 is 26.8 Å². The van der Waals surface area contributed by atoms with Gasteiger partial charge in [-0.2, -0.15) is 8.42 Å². The van der Waals surface area contributed by atoms with E-state index in [0.717, 1.165) is 65.1 Å². The Morgan fingerprint density at radius 3 is 2.22 bits per heavy atom. The highest BCUT2D eigenvalue weighted by atomic mass is 32.2. The van der Waals surface area contributed by atoms with Gasteiger partial charge in [0, 0.05) is 59.1 Å². The number of nitrogens with zero attached hydrogens (tertiary/aromatic N) is 2. The van der Waals surface area contributed by atoms with Crippen LogP contribution in [0.1, 0.15) is 27.7 Å². The van der Waals surface area contributed by atoms with Gasteiger partial charge in [-0.15, -0.1) is 0 Å². The van der Waals surface area contributed by atoms with E-state index in [1.54, 1.807) is 6.07 Å². The second-order valence-electron chi connectivity index (χ2n) is 8.52. The highest BCUT2D eigenvalue weighted by Gasteiger charge is 2.23. The highest BCUT2D eigenvalue weighted by Crippen LogP contribution is 2.44. The summed E-state index contributed by atoms with van der Waals surface area (Å²) < 4.78 is 47.4. The molecule has 0 atom stereocenters. The van der Waals surface area contributed by atoms with E-state index in [0.29, 0.717) is 11.3 Å². The zero-order valence-electron chi connectivity index (χ0n) is 21.4. The summed E-state index contributed by atoms with van der Waals surface area (Å²) in [5.41, 5.74) is 4.26. The van der Waals surface area contributed by atoms with Crippen molar-refractivity contribution in [3.05, 3.63) is 60.0 Å². The average Bonchev–Trinajstić information content (AvgIpc) is 2.87. The minimum atomic E-state index is -4.37. The standard InChI is InChI=1S/C28H32N2O5S/c1-6-29(7-2)19-10-13-23-26(16-19)35-27-17-20(30(8-3)9-4)11-14-24(27)28(23)22-15-12-21(36(31,32)33)18-25(22)34-5/h10-18H,6-9H2,1-5H3/p+1. The van der Waals surface area contributed by atoms with E-state index in [4.69, 9.17) is 9.15 Å². The number of rotatable bonds is 8. The summed E-state index contributed by atoms with van der Waals surface area (Å²) in [6.45, 7) is 12.0. The third kappa shape index (κ3) is 4.70. The molecule has 2 aromatic rings. The van der Waals surface area contributed by atoms with Crippen molar-refractivity contribution < 1.29 is 22.1 Å². The fourth-order valence-electron chi connectivity index (χ4n) is 4.77. The van der Waals surface area contributed by atoms with Crippen LogP contribution in [0.3, 0.4) is 0 Å². The number of anilines is 1. The van der Waals surface area contributed by atoms with Gasteiger partial charge in [-0.05, 0) is 58.0 Å². The number of hydrogen-bond donors (Lipinski definition) is 1. The Morgan fingerprint density at radius 1 is 0.917 bits per heavy atom. The smallest absolute Gasteiger partial charge is 0.294 e. The quantitative estimate of drug-likeness (QED) is 0.202. The minimum absolute atomic E-state index is 0.218. The molecule has 2 aromatic carbocycles. The van der Waals surface area contributed by atoms with Crippen molar-refractivity contribution in [3.8, 4) is 28.2 Å². The van der Waals surface area contributed by atoms with E-state index in [2.05, 4.69) is 49.3 Å². The van der Waals surface area contributed by atoms with Gasteiger partial charge in [-0.1, -0.05) is 0 Å².